The lowest BCUT2D eigenvalue weighted by atomic mass is 10.2. The van der Waals surface area contributed by atoms with Gasteiger partial charge in [0, 0.05) is 36.4 Å². The zero-order chi connectivity index (χ0) is 18.5. The van der Waals surface area contributed by atoms with E-state index in [0.717, 1.165) is 17.7 Å². The van der Waals surface area contributed by atoms with Gasteiger partial charge in [0.2, 0.25) is 5.95 Å². The summed E-state index contributed by atoms with van der Waals surface area (Å²) in [6, 6.07) is 8.32. The summed E-state index contributed by atoms with van der Waals surface area (Å²) < 4.78 is 26.2. The summed E-state index contributed by atoms with van der Waals surface area (Å²) in [6.07, 6.45) is 3.35. The van der Waals surface area contributed by atoms with Gasteiger partial charge in [-0.05, 0) is 42.8 Å². The van der Waals surface area contributed by atoms with Crippen molar-refractivity contribution in [1.82, 2.24) is 15.0 Å². The van der Waals surface area contributed by atoms with Gasteiger partial charge in [0.25, 0.3) is 5.91 Å². The van der Waals surface area contributed by atoms with Crippen molar-refractivity contribution in [3.63, 3.8) is 0 Å². The van der Waals surface area contributed by atoms with Crippen molar-refractivity contribution in [2.24, 2.45) is 0 Å². The molecule has 0 aliphatic heterocycles. The number of hydrogen-bond donors (Lipinski definition) is 2. The van der Waals surface area contributed by atoms with Gasteiger partial charge in [-0.15, -0.1) is 0 Å². The van der Waals surface area contributed by atoms with Crippen LogP contribution in [0.2, 0.25) is 0 Å². The van der Waals surface area contributed by atoms with Gasteiger partial charge in [-0.3, -0.25) is 9.78 Å². The second-order valence-electron chi connectivity index (χ2n) is 5.51. The highest BCUT2D eigenvalue weighted by Crippen LogP contribution is 2.15. The number of pyridine rings is 1. The van der Waals surface area contributed by atoms with E-state index in [4.69, 9.17) is 0 Å². The molecule has 8 heteroatoms. The third-order valence-corrected chi connectivity index (χ3v) is 3.46. The van der Waals surface area contributed by atoms with Crippen molar-refractivity contribution in [2.75, 3.05) is 10.6 Å². The number of nitrogens with one attached hydrogen (secondary N) is 2. The Hall–Kier alpha value is -3.42. The molecule has 0 aliphatic rings. The molecule has 1 amide bonds. The van der Waals surface area contributed by atoms with Crippen molar-refractivity contribution in [3.8, 4) is 0 Å². The first-order valence-electron chi connectivity index (χ1n) is 7.76. The van der Waals surface area contributed by atoms with E-state index < -0.39 is 17.5 Å². The highest BCUT2D eigenvalue weighted by Gasteiger charge is 2.12. The lowest BCUT2D eigenvalue weighted by Gasteiger charge is -2.09. The molecule has 3 rings (SSSR count). The van der Waals surface area contributed by atoms with Gasteiger partial charge >= 0.3 is 0 Å². The minimum atomic E-state index is -1.04. The quantitative estimate of drug-likeness (QED) is 0.734. The second-order valence-corrected chi connectivity index (χ2v) is 5.51. The molecule has 0 spiro atoms. The Balaban J connectivity index is 1.73. The van der Waals surface area contributed by atoms with E-state index in [-0.39, 0.29) is 17.3 Å². The number of nitrogens with zero attached hydrogens (tertiary/aromatic N) is 3. The van der Waals surface area contributed by atoms with Crippen LogP contribution in [0.25, 0.3) is 0 Å². The molecule has 0 atom stereocenters. The van der Waals surface area contributed by atoms with Crippen molar-refractivity contribution in [2.45, 2.75) is 13.5 Å². The van der Waals surface area contributed by atoms with Crippen LogP contribution in [0.15, 0.2) is 48.8 Å². The Morgan fingerprint density at radius 3 is 2.54 bits per heavy atom. The van der Waals surface area contributed by atoms with Crippen LogP contribution in [-0.4, -0.2) is 20.9 Å². The minimum Gasteiger partial charge on any atom is -0.350 e. The Kier molecular flexibility index (Phi) is 5.12. The zero-order valence-electron chi connectivity index (χ0n) is 13.8. The van der Waals surface area contributed by atoms with Gasteiger partial charge in [-0.1, -0.05) is 0 Å². The van der Waals surface area contributed by atoms with Gasteiger partial charge in [-0.25, -0.2) is 18.7 Å². The summed E-state index contributed by atoms with van der Waals surface area (Å²) in [6.45, 7) is 2.20. The summed E-state index contributed by atoms with van der Waals surface area (Å²) in [4.78, 5) is 24.7. The summed E-state index contributed by atoms with van der Waals surface area (Å²) in [7, 11) is 0. The van der Waals surface area contributed by atoms with Crippen LogP contribution in [0.4, 0.5) is 20.4 Å². The smallest absolute Gasteiger partial charge is 0.274 e. The number of anilines is 2. The predicted octanol–water partition coefficient (Wildman–Crippen LogP) is 3.32. The number of carbonyl (C=O) groups is 1. The van der Waals surface area contributed by atoms with Gasteiger partial charge < -0.3 is 10.6 Å². The van der Waals surface area contributed by atoms with Crippen molar-refractivity contribution < 1.29 is 13.6 Å². The largest absolute Gasteiger partial charge is 0.350 e. The van der Waals surface area contributed by atoms with Crippen LogP contribution in [0.3, 0.4) is 0 Å². The monoisotopic (exact) mass is 355 g/mol. The number of carbonyl (C=O) groups excluding carboxylic acids is 1. The molecular weight excluding hydrogens is 340 g/mol. The number of halogens is 2. The van der Waals surface area contributed by atoms with E-state index in [9.17, 15) is 13.6 Å². The van der Waals surface area contributed by atoms with Crippen LogP contribution in [-0.2, 0) is 6.54 Å². The third-order valence-electron chi connectivity index (χ3n) is 3.46. The number of aryl methyl sites for hydroxylation is 1. The Labute approximate surface area is 148 Å². The van der Waals surface area contributed by atoms with Gasteiger partial charge in [0.05, 0.1) is 0 Å². The normalized spacial score (nSPS) is 10.4. The molecule has 132 valence electrons. The zero-order valence-corrected chi connectivity index (χ0v) is 13.8. The van der Waals surface area contributed by atoms with E-state index in [0.29, 0.717) is 12.2 Å². The first-order chi connectivity index (χ1) is 12.5. The summed E-state index contributed by atoms with van der Waals surface area (Å²) in [5.74, 6) is -2.28. The fourth-order valence-corrected chi connectivity index (χ4v) is 2.21. The summed E-state index contributed by atoms with van der Waals surface area (Å²) >= 11 is 0. The molecule has 2 aromatic heterocycles. The third kappa shape index (κ3) is 4.35. The van der Waals surface area contributed by atoms with E-state index in [1.54, 1.807) is 19.3 Å². The van der Waals surface area contributed by atoms with Crippen LogP contribution in [0, 0.1) is 18.6 Å². The fraction of sp³-hybridized carbons (Fsp3) is 0.111. The minimum absolute atomic E-state index is 0.111. The van der Waals surface area contributed by atoms with Crippen LogP contribution in [0.5, 0.6) is 0 Å². The first kappa shape index (κ1) is 17.4. The SMILES string of the molecule is Cc1cc(C(=O)Nc2ccc(F)c(F)c2)nc(NCc2ccncc2)n1. The molecule has 3 aromatic rings. The molecule has 0 fully saturated rings. The maximum atomic E-state index is 13.3. The van der Waals surface area contributed by atoms with Gasteiger partial charge in [-0.2, -0.15) is 0 Å². The van der Waals surface area contributed by atoms with E-state index >= 15 is 0 Å². The van der Waals surface area contributed by atoms with Gasteiger partial charge in [0.1, 0.15) is 5.69 Å². The Morgan fingerprint density at radius 2 is 1.81 bits per heavy atom. The number of aromatic nitrogens is 3. The molecular formula is C18H15F2N5O. The summed E-state index contributed by atoms with van der Waals surface area (Å²) in [5, 5.41) is 5.52. The van der Waals surface area contributed by atoms with Gasteiger partial charge in [0.15, 0.2) is 11.6 Å². The maximum absolute atomic E-state index is 13.3. The molecule has 2 N–H and O–H groups in total. The predicted molar refractivity (Wildman–Crippen MR) is 92.6 cm³/mol. The van der Waals surface area contributed by atoms with Crippen molar-refractivity contribution in [1.29, 1.82) is 0 Å². The number of hydrogen-bond acceptors (Lipinski definition) is 5. The van der Waals surface area contributed by atoms with Crippen molar-refractivity contribution in [3.05, 3.63) is 77.4 Å². The Morgan fingerprint density at radius 1 is 1.04 bits per heavy atom. The summed E-state index contributed by atoms with van der Waals surface area (Å²) in [5.41, 5.74) is 1.82. The lowest BCUT2D eigenvalue weighted by Crippen LogP contribution is -2.16. The molecule has 0 bridgehead atoms. The first-order valence-corrected chi connectivity index (χ1v) is 7.76. The molecule has 1 aromatic carbocycles. The number of benzene rings is 1. The number of amides is 1. The molecule has 0 unspecified atom stereocenters. The van der Waals surface area contributed by atoms with Crippen LogP contribution >= 0.6 is 0 Å². The van der Waals surface area contributed by atoms with E-state index in [2.05, 4.69) is 25.6 Å². The second kappa shape index (κ2) is 7.64. The van der Waals surface area contributed by atoms with Crippen LogP contribution < -0.4 is 10.6 Å². The molecule has 0 aliphatic carbocycles. The van der Waals surface area contributed by atoms with Crippen molar-refractivity contribution >= 4 is 17.5 Å². The average Bonchev–Trinajstić information content (AvgIpc) is 2.63. The Bertz CT molecular complexity index is 934. The topological polar surface area (TPSA) is 79.8 Å². The molecule has 0 saturated heterocycles. The average molecular weight is 355 g/mol. The maximum Gasteiger partial charge on any atom is 0.274 e. The number of rotatable bonds is 5. The lowest BCUT2D eigenvalue weighted by molar-refractivity contribution is 0.102. The standard InChI is InChI=1S/C18H15F2N5O/c1-11-8-16(17(26)24-13-2-3-14(19)15(20)9-13)25-18(23-11)22-10-12-4-6-21-7-5-12/h2-9H,10H2,1H3,(H,24,26)(H,22,23,25). The van der Waals surface area contributed by atoms with E-state index in [1.807, 2.05) is 12.1 Å². The molecule has 26 heavy (non-hydrogen) atoms. The molecule has 6 nitrogen and oxygen atoms in total. The van der Waals surface area contributed by atoms with E-state index in [1.165, 1.54) is 12.1 Å². The molecule has 0 radical (unpaired) electrons. The molecule has 0 saturated carbocycles. The van der Waals surface area contributed by atoms with Crippen LogP contribution in [0.1, 0.15) is 21.7 Å². The molecule has 2 heterocycles. The fourth-order valence-electron chi connectivity index (χ4n) is 2.21. The highest BCUT2D eigenvalue weighted by atomic mass is 19.2. The highest BCUT2D eigenvalue weighted by molar-refractivity contribution is 6.03.